The molecule has 2 atom stereocenters. The lowest BCUT2D eigenvalue weighted by atomic mass is 9.74. The highest BCUT2D eigenvalue weighted by Crippen LogP contribution is 2.42. The molecule has 0 saturated carbocycles. The molecule has 25 heavy (non-hydrogen) atoms. The molecule has 9 nitrogen and oxygen atoms in total. The molecule has 136 valence electrons. The molecule has 1 aromatic heterocycles. The fourth-order valence-electron chi connectivity index (χ4n) is 3.40. The van der Waals surface area contributed by atoms with E-state index in [4.69, 9.17) is 9.15 Å². The highest BCUT2D eigenvalue weighted by molar-refractivity contribution is 5.85. The molecular weight excluding hydrogens is 330 g/mol. The number of urea groups is 1. The maximum absolute atomic E-state index is 12.3. The first-order valence-electron chi connectivity index (χ1n) is 8.14. The van der Waals surface area contributed by atoms with Gasteiger partial charge in [-0.15, -0.1) is 0 Å². The molecule has 0 bridgehead atoms. The molecule has 3 N–H and O–H groups in total. The number of ether oxygens (including phenoxy) is 1. The smallest absolute Gasteiger partial charge is 0.315 e. The van der Waals surface area contributed by atoms with Gasteiger partial charge in [-0.3, -0.25) is 9.59 Å². The van der Waals surface area contributed by atoms with Crippen molar-refractivity contribution in [1.82, 2.24) is 15.5 Å². The molecule has 3 amide bonds. The van der Waals surface area contributed by atoms with Crippen LogP contribution in [0.5, 0.6) is 0 Å². The third kappa shape index (κ3) is 3.60. The van der Waals surface area contributed by atoms with Crippen molar-refractivity contribution in [2.24, 2.45) is 11.3 Å². The number of furan rings is 1. The van der Waals surface area contributed by atoms with Crippen LogP contribution in [0.3, 0.4) is 0 Å². The zero-order chi connectivity index (χ0) is 17.9. The monoisotopic (exact) mass is 351 g/mol. The van der Waals surface area contributed by atoms with Crippen molar-refractivity contribution in [3.8, 4) is 0 Å². The number of carboxylic acid groups (broad SMARTS) is 1. The highest BCUT2D eigenvalue weighted by Gasteiger charge is 2.54. The molecule has 2 fully saturated rings. The average molecular weight is 351 g/mol. The topological polar surface area (TPSA) is 121 Å². The minimum absolute atomic E-state index is 0.158. The third-order valence-corrected chi connectivity index (χ3v) is 4.89. The van der Waals surface area contributed by atoms with Crippen LogP contribution in [0.1, 0.15) is 12.2 Å². The summed E-state index contributed by atoms with van der Waals surface area (Å²) in [6.07, 6.45) is 1.90. The second-order valence-corrected chi connectivity index (χ2v) is 6.37. The van der Waals surface area contributed by atoms with E-state index in [1.165, 1.54) is 11.2 Å². The lowest BCUT2D eigenvalue weighted by Gasteiger charge is -2.33. The largest absolute Gasteiger partial charge is 0.481 e. The van der Waals surface area contributed by atoms with E-state index in [1.807, 2.05) is 0 Å². The van der Waals surface area contributed by atoms with Gasteiger partial charge in [-0.2, -0.15) is 0 Å². The van der Waals surface area contributed by atoms with Gasteiger partial charge < -0.3 is 29.8 Å². The lowest BCUT2D eigenvalue weighted by molar-refractivity contribution is -0.157. The maximum Gasteiger partial charge on any atom is 0.315 e. The second kappa shape index (κ2) is 7.14. The Balaban J connectivity index is 1.48. The van der Waals surface area contributed by atoms with Gasteiger partial charge in [0.1, 0.15) is 5.76 Å². The number of amides is 3. The number of carbonyl (C=O) groups excluding carboxylic acids is 2. The van der Waals surface area contributed by atoms with Crippen LogP contribution in [0.4, 0.5) is 4.79 Å². The Kier molecular flexibility index (Phi) is 4.93. The van der Waals surface area contributed by atoms with Crippen molar-refractivity contribution in [3.63, 3.8) is 0 Å². The maximum atomic E-state index is 12.3. The predicted octanol–water partition coefficient (Wildman–Crippen LogP) is 0.0285. The first kappa shape index (κ1) is 17.3. The molecule has 2 aliphatic rings. The van der Waals surface area contributed by atoms with Gasteiger partial charge in [0.25, 0.3) is 0 Å². The average Bonchev–Trinajstić information content (AvgIpc) is 3.25. The van der Waals surface area contributed by atoms with Gasteiger partial charge in [0.05, 0.1) is 31.4 Å². The van der Waals surface area contributed by atoms with Crippen molar-refractivity contribution >= 4 is 17.9 Å². The van der Waals surface area contributed by atoms with Crippen LogP contribution in [0, 0.1) is 11.3 Å². The van der Waals surface area contributed by atoms with Crippen molar-refractivity contribution in [2.75, 3.05) is 32.8 Å². The molecule has 1 aromatic rings. The minimum Gasteiger partial charge on any atom is -0.481 e. The van der Waals surface area contributed by atoms with Gasteiger partial charge in [0.2, 0.25) is 5.91 Å². The molecule has 2 aliphatic heterocycles. The molecule has 0 spiro atoms. The summed E-state index contributed by atoms with van der Waals surface area (Å²) in [5.74, 6) is -0.799. The number of hydrogen-bond acceptors (Lipinski definition) is 5. The van der Waals surface area contributed by atoms with Gasteiger partial charge in [-0.05, 0) is 18.6 Å². The zero-order valence-electron chi connectivity index (χ0n) is 13.7. The molecule has 9 heteroatoms. The van der Waals surface area contributed by atoms with Crippen molar-refractivity contribution in [1.29, 1.82) is 0 Å². The van der Waals surface area contributed by atoms with Crippen molar-refractivity contribution < 1.29 is 28.6 Å². The normalized spacial score (nSPS) is 25.3. The van der Waals surface area contributed by atoms with E-state index in [2.05, 4.69) is 10.6 Å². The summed E-state index contributed by atoms with van der Waals surface area (Å²) in [6, 6.07) is 2.95. The number of aliphatic carboxylic acids is 1. The second-order valence-electron chi connectivity index (χ2n) is 6.37. The van der Waals surface area contributed by atoms with Crippen LogP contribution in [0.15, 0.2) is 22.8 Å². The number of fused-ring (bicyclic) bond motifs is 1. The van der Waals surface area contributed by atoms with E-state index in [0.717, 1.165) is 0 Å². The van der Waals surface area contributed by atoms with Crippen LogP contribution < -0.4 is 10.6 Å². The molecule has 0 aliphatic carbocycles. The van der Waals surface area contributed by atoms with Crippen LogP contribution in [0.25, 0.3) is 0 Å². The zero-order valence-corrected chi connectivity index (χ0v) is 13.7. The molecule has 3 heterocycles. The number of likely N-dealkylation sites (tertiary alicyclic amines) is 1. The summed E-state index contributed by atoms with van der Waals surface area (Å²) in [6.45, 7) is 1.25. The van der Waals surface area contributed by atoms with Gasteiger partial charge >= 0.3 is 12.0 Å². The SMILES string of the molecule is O=C(NCC(=O)N1C[C@H]2COCC[C@@]2(C(=O)O)C1)NCc1ccco1. The summed E-state index contributed by atoms with van der Waals surface area (Å²) in [4.78, 5) is 37.3. The number of hydrogen-bond donors (Lipinski definition) is 3. The number of nitrogens with one attached hydrogen (secondary N) is 2. The van der Waals surface area contributed by atoms with E-state index in [1.54, 1.807) is 12.1 Å². The van der Waals surface area contributed by atoms with E-state index in [-0.39, 0.29) is 31.5 Å². The van der Waals surface area contributed by atoms with E-state index in [9.17, 15) is 19.5 Å². The predicted molar refractivity (Wildman–Crippen MR) is 84.5 cm³/mol. The summed E-state index contributed by atoms with van der Waals surface area (Å²) < 4.78 is 10.5. The Morgan fingerprint density at radius 3 is 2.88 bits per heavy atom. The number of carbonyl (C=O) groups is 3. The Morgan fingerprint density at radius 2 is 2.20 bits per heavy atom. The Labute approximate surface area is 144 Å². The minimum atomic E-state index is -0.935. The third-order valence-electron chi connectivity index (χ3n) is 4.89. The van der Waals surface area contributed by atoms with Crippen molar-refractivity contribution in [2.45, 2.75) is 13.0 Å². The summed E-state index contributed by atoms with van der Waals surface area (Å²) in [5, 5.41) is 14.7. The van der Waals surface area contributed by atoms with Crippen LogP contribution in [-0.4, -0.2) is 60.8 Å². The molecular formula is C16H21N3O6. The summed E-state index contributed by atoms with van der Waals surface area (Å²) in [7, 11) is 0. The fraction of sp³-hybridized carbons (Fsp3) is 0.562. The van der Waals surface area contributed by atoms with Crippen LogP contribution in [-0.2, 0) is 20.9 Å². The summed E-state index contributed by atoms with van der Waals surface area (Å²) in [5.41, 5.74) is -0.935. The van der Waals surface area contributed by atoms with Gasteiger partial charge in [-0.1, -0.05) is 0 Å². The summed E-state index contributed by atoms with van der Waals surface area (Å²) >= 11 is 0. The van der Waals surface area contributed by atoms with Gasteiger partial charge in [0.15, 0.2) is 0 Å². The van der Waals surface area contributed by atoms with Gasteiger partial charge in [0, 0.05) is 25.6 Å². The molecule has 0 unspecified atom stereocenters. The number of rotatable bonds is 5. The number of nitrogens with zero attached hydrogens (tertiary/aromatic N) is 1. The van der Waals surface area contributed by atoms with Crippen molar-refractivity contribution in [3.05, 3.63) is 24.2 Å². The first-order valence-corrected chi connectivity index (χ1v) is 8.14. The molecule has 2 saturated heterocycles. The highest BCUT2D eigenvalue weighted by atomic mass is 16.5. The van der Waals surface area contributed by atoms with E-state index >= 15 is 0 Å². The lowest BCUT2D eigenvalue weighted by Crippen LogP contribution is -2.46. The van der Waals surface area contributed by atoms with E-state index < -0.39 is 17.4 Å². The quantitative estimate of drug-likeness (QED) is 0.688. The van der Waals surface area contributed by atoms with Crippen LogP contribution >= 0.6 is 0 Å². The standard InChI is InChI=1S/C16H21N3O6/c20-13(7-18-15(23)17-6-12-2-1-4-25-12)19-8-11-9-24-5-3-16(11,10-19)14(21)22/h1-2,4,11H,3,5-10H2,(H,21,22)(H2,17,18,23)/t11-,16+/m0/s1. The Hall–Kier alpha value is -2.55. The number of carboxylic acids is 1. The first-order chi connectivity index (χ1) is 12.0. The van der Waals surface area contributed by atoms with Gasteiger partial charge in [-0.25, -0.2) is 4.79 Å². The van der Waals surface area contributed by atoms with Crippen LogP contribution in [0.2, 0.25) is 0 Å². The molecule has 0 aromatic carbocycles. The Morgan fingerprint density at radius 1 is 1.36 bits per heavy atom. The van der Waals surface area contributed by atoms with E-state index in [0.29, 0.717) is 31.9 Å². The fourth-order valence-corrected chi connectivity index (χ4v) is 3.40. The molecule has 0 radical (unpaired) electrons. The molecule has 3 rings (SSSR count). The Bertz CT molecular complexity index is 646.